The summed E-state index contributed by atoms with van der Waals surface area (Å²) >= 11 is 0. The molecule has 4 aromatic rings. The van der Waals surface area contributed by atoms with Gasteiger partial charge in [0.15, 0.2) is 5.69 Å². The van der Waals surface area contributed by atoms with Gasteiger partial charge in [-0.15, -0.1) is 0 Å². The van der Waals surface area contributed by atoms with Crippen molar-refractivity contribution in [3.05, 3.63) is 96.7 Å². The van der Waals surface area contributed by atoms with Crippen LogP contribution in [0.4, 0.5) is 0 Å². The summed E-state index contributed by atoms with van der Waals surface area (Å²) in [4.78, 5) is 12.8. The lowest BCUT2D eigenvalue weighted by Gasteiger charge is -2.10. The molecule has 0 bridgehead atoms. The highest BCUT2D eigenvalue weighted by molar-refractivity contribution is 6.00. The molecule has 4 rings (SSSR count). The van der Waals surface area contributed by atoms with Crippen molar-refractivity contribution in [3.63, 3.8) is 0 Å². The quantitative estimate of drug-likeness (QED) is 0.444. The van der Waals surface area contributed by atoms with Crippen molar-refractivity contribution in [3.8, 4) is 28.1 Å². The molecule has 0 N–H and O–H groups in total. The topological polar surface area (TPSA) is 44.1 Å². The molecule has 0 aliphatic carbocycles. The lowest BCUT2D eigenvalue weighted by Crippen LogP contribution is -2.07. The average molecular weight is 368 g/mol. The maximum Gasteiger partial charge on any atom is 0.359 e. The molecule has 0 fully saturated rings. The predicted octanol–water partition coefficient (Wildman–Crippen LogP) is 5.38. The minimum Gasteiger partial charge on any atom is -0.461 e. The number of ether oxygens (including phenoxy) is 1. The Morgan fingerprint density at radius 3 is 1.93 bits per heavy atom. The molecule has 4 heteroatoms. The second-order valence-electron chi connectivity index (χ2n) is 6.27. The number of rotatable bonds is 5. The first-order chi connectivity index (χ1) is 13.8. The molecule has 0 saturated carbocycles. The highest BCUT2D eigenvalue weighted by Gasteiger charge is 2.26. The largest absolute Gasteiger partial charge is 0.461 e. The smallest absolute Gasteiger partial charge is 0.359 e. The van der Waals surface area contributed by atoms with Crippen LogP contribution >= 0.6 is 0 Å². The number of esters is 1. The van der Waals surface area contributed by atoms with E-state index in [1.54, 1.807) is 6.92 Å². The molecule has 28 heavy (non-hydrogen) atoms. The highest BCUT2D eigenvalue weighted by Crippen LogP contribution is 2.37. The third kappa shape index (κ3) is 3.32. The van der Waals surface area contributed by atoms with Crippen molar-refractivity contribution in [2.75, 3.05) is 6.61 Å². The molecule has 138 valence electrons. The van der Waals surface area contributed by atoms with Crippen molar-refractivity contribution in [2.24, 2.45) is 0 Å². The summed E-state index contributed by atoms with van der Waals surface area (Å²) < 4.78 is 7.14. The molecule has 3 aromatic carbocycles. The third-order valence-corrected chi connectivity index (χ3v) is 4.46. The van der Waals surface area contributed by atoms with E-state index in [0.29, 0.717) is 12.3 Å². The van der Waals surface area contributed by atoms with Gasteiger partial charge in [-0.05, 0) is 24.6 Å². The van der Waals surface area contributed by atoms with Crippen LogP contribution in [0.5, 0.6) is 0 Å². The fraction of sp³-hybridized carbons (Fsp3) is 0.0833. The van der Waals surface area contributed by atoms with Crippen LogP contribution in [0.2, 0.25) is 0 Å². The van der Waals surface area contributed by atoms with Gasteiger partial charge < -0.3 is 4.74 Å². The standard InChI is InChI=1S/C24H20N2O2/c1-2-28-24(27)22-21(18-12-6-3-7-13-18)23(19-14-8-4-9-15-19)26(25-22)20-16-10-5-11-17-20/h3-17H,2H2,1H3. The van der Waals surface area contributed by atoms with Gasteiger partial charge in [0.2, 0.25) is 0 Å². The van der Waals surface area contributed by atoms with Gasteiger partial charge >= 0.3 is 5.97 Å². The summed E-state index contributed by atoms with van der Waals surface area (Å²) in [6.45, 7) is 2.10. The van der Waals surface area contributed by atoms with E-state index in [4.69, 9.17) is 9.84 Å². The van der Waals surface area contributed by atoms with Crippen molar-refractivity contribution in [1.82, 2.24) is 9.78 Å². The van der Waals surface area contributed by atoms with E-state index in [-0.39, 0.29) is 0 Å². The molecule has 1 heterocycles. The Kier molecular flexibility index (Phi) is 5.02. The first kappa shape index (κ1) is 17.7. The zero-order chi connectivity index (χ0) is 19.3. The Bertz CT molecular complexity index is 1070. The molecule has 0 saturated heterocycles. The van der Waals surface area contributed by atoms with Crippen molar-refractivity contribution >= 4 is 5.97 Å². The van der Waals surface area contributed by atoms with Crippen LogP contribution in [0.15, 0.2) is 91.0 Å². The van der Waals surface area contributed by atoms with Crippen LogP contribution in [-0.4, -0.2) is 22.4 Å². The van der Waals surface area contributed by atoms with Crippen LogP contribution in [0.25, 0.3) is 28.1 Å². The van der Waals surface area contributed by atoms with Crippen molar-refractivity contribution < 1.29 is 9.53 Å². The number of benzene rings is 3. The fourth-order valence-electron chi connectivity index (χ4n) is 3.26. The maximum absolute atomic E-state index is 12.8. The number of carbonyl (C=O) groups excluding carboxylic acids is 1. The Balaban J connectivity index is 2.06. The van der Waals surface area contributed by atoms with E-state index in [0.717, 1.165) is 28.1 Å². The van der Waals surface area contributed by atoms with E-state index in [9.17, 15) is 4.79 Å². The van der Waals surface area contributed by atoms with Gasteiger partial charge in [-0.25, -0.2) is 9.48 Å². The van der Waals surface area contributed by atoms with E-state index in [1.807, 2.05) is 95.7 Å². The number of aromatic nitrogens is 2. The second-order valence-corrected chi connectivity index (χ2v) is 6.27. The minimum absolute atomic E-state index is 0.298. The van der Waals surface area contributed by atoms with Crippen LogP contribution in [0.1, 0.15) is 17.4 Å². The first-order valence-electron chi connectivity index (χ1n) is 9.26. The van der Waals surface area contributed by atoms with Gasteiger partial charge in [0.05, 0.1) is 18.0 Å². The number of para-hydroxylation sites is 1. The second kappa shape index (κ2) is 7.92. The zero-order valence-electron chi connectivity index (χ0n) is 15.6. The average Bonchev–Trinajstić information content (AvgIpc) is 3.16. The van der Waals surface area contributed by atoms with E-state index in [1.165, 1.54) is 0 Å². The summed E-state index contributed by atoms with van der Waals surface area (Å²) in [6, 6.07) is 29.7. The highest BCUT2D eigenvalue weighted by atomic mass is 16.5. The SMILES string of the molecule is CCOC(=O)c1nn(-c2ccccc2)c(-c2ccccc2)c1-c1ccccc1. The first-order valence-corrected chi connectivity index (χ1v) is 9.26. The molecule has 0 unspecified atom stereocenters. The Morgan fingerprint density at radius 2 is 1.36 bits per heavy atom. The maximum atomic E-state index is 12.8. The van der Waals surface area contributed by atoms with E-state index < -0.39 is 5.97 Å². The van der Waals surface area contributed by atoms with E-state index in [2.05, 4.69) is 0 Å². The molecule has 1 aromatic heterocycles. The molecule has 4 nitrogen and oxygen atoms in total. The summed E-state index contributed by atoms with van der Waals surface area (Å²) in [5, 5.41) is 4.69. The monoisotopic (exact) mass is 368 g/mol. The van der Waals surface area contributed by atoms with Crippen LogP contribution in [-0.2, 0) is 4.74 Å². The predicted molar refractivity (Wildman–Crippen MR) is 110 cm³/mol. The lowest BCUT2D eigenvalue weighted by molar-refractivity contribution is 0.0520. The third-order valence-electron chi connectivity index (χ3n) is 4.46. The number of hydrogen-bond donors (Lipinski definition) is 0. The fourth-order valence-corrected chi connectivity index (χ4v) is 3.26. The molecule has 0 aliphatic heterocycles. The van der Waals surface area contributed by atoms with Crippen LogP contribution < -0.4 is 0 Å². The van der Waals surface area contributed by atoms with E-state index >= 15 is 0 Å². The molecule has 0 amide bonds. The van der Waals surface area contributed by atoms with Gasteiger partial charge in [-0.2, -0.15) is 5.10 Å². The van der Waals surface area contributed by atoms with Gasteiger partial charge in [0.25, 0.3) is 0 Å². The zero-order valence-corrected chi connectivity index (χ0v) is 15.6. The summed E-state index contributed by atoms with van der Waals surface area (Å²) in [6.07, 6.45) is 0. The molecular formula is C24H20N2O2. The molecule has 0 atom stereocenters. The Morgan fingerprint density at radius 1 is 0.821 bits per heavy atom. The minimum atomic E-state index is -0.423. The number of nitrogens with zero attached hydrogens (tertiary/aromatic N) is 2. The Hall–Kier alpha value is -3.66. The van der Waals surface area contributed by atoms with Gasteiger partial charge in [-0.3, -0.25) is 0 Å². The lowest BCUT2D eigenvalue weighted by atomic mass is 9.98. The van der Waals surface area contributed by atoms with Gasteiger partial charge in [-0.1, -0.05) is 78.9 Å². The molecular weight excluding hydrogens is 348 g/mol. The number of hydrogen-bond acceptors (Lipinski definition) is 3. The normalized spacial score (nSPS) is 10.6. The van der Waals surface area contributed by atoms with Crippen LogP contribution in [0, 0.1) is 0 Å². The van der Waals surface area contributed by atoms with Crippen molar-refractivity contribution in [1.29, 1.82) is 0 Å². The molecule has 0 aliphatic rings. The number of carbonyl (C=O) groups is 1. The summed E-state index contributed by atoms with van der Waals surface area (Å²) in [7, 11) is 0. The van der Waals surface area contributed by atoms with Crippen LogP contribution in [0.3, 0.4) is 0 Å². The summed E-state index contributed by atoms with van der Waals surface area (Å²) in [5.41, 5.74) is 4.74. The summed E-state index contributed by atoms with van der Waals surface area (Å²) in [5.74, 6) is -0.423. The van der Waals surface area contributed by atoms with Gasteiger partial charge in [0.1, 0.15) is 0 Å². The molecule has 0 radical (unpaired) electrons. The Labute approximate surface area is 164 Å². The van der Waals surface area contributed by atoms with Crippen molar-refractivity contribution in [2.45, 2.75) is 6.92 Å². The van der Waals surface area contributed by atoms with Gasteiger partial charge in [0, 0.05) is 11.1 Å². The molecule has 0 spiro atoms.